The molecule has 0 aliphatic carbocycles. The van der Waals surface area contributed by atoms with Gasteiger partial charge in [-0.05, 0) is 12.8 Å². The van der Waals surface area contributed by atoms with Crippen molar-refractivity contribution >= 4 is 0 Å². The molecular weight excluding hydrogens is 102 g/mol. The van der Waals surface area contributed by atoms with Gasteiger partial charge in [-0.2, -0.15) is 0 Å². The zero-order chi connectivity index (χ0) is 6.41. The molecule has 0 atom stereocenters. The minimum Gasteiger partial charge on any atom is -0.396 e. The molecule has 0 unspecified atom stereocenters. The zero-order valence-corrected chi connectivity index (χ0v) is 5.06. The fraction of sp³-hybridized carbons (Fsp3) is 0.667. The van der Waals surface area contributed by atoms with Crippen molar-refractivity contribution in [2.24, 2.45) is 5.73 Å². The van der Waals surface area contributed by atoms with Crippen LogP contribution in [0.25, 0.3) is 0 Å². The Labute approximate surface area is 50.0 Å². The minimum absolute atomic E-state index is 0.235. The Morgan fingerprint density at radius 1 is 1.62 bits per heavy atom. The topological polar surface area (TPSA) is 46.2 Å². The maximum absolute atomic E-state index is 8.33. The van der Waals surface area contributed by atoms with E-state index in [4.69, 9.17) is 10.8 Å². The van der Waals surface area contributed by atoms with Gasteiger partial charge < -0.3 is 10.8 Å². The fourth-order valence-electron chi connectivity index (χ4n) is 0.431. The lowest BCUT2D eigenvalue weighted by molar-refractivity contribution is 0.288. The highest BCUT2D eigenvalue weighted by Crippen LogP contribution is 1.97. The van der Waals surface area contributed by atoms with Gasteiger partial charge in [0.2, 0.25) is 0 Å². The quantitative estimate of drug-likeness (QED) is 0.517. The van der Waals surface area contributed by atoms with Crippen LogP contribution in [0, 0.1) is 0 Å². The average molecular weight is 115 g/mol. The lowest BCUT2D eigenvalue weighted by atomic mass is 10.2. The first-order valence-corrected chi connectivity index (χ1v) is 2.79. The van der Waals surface area contributed by atoms with E-state index in [2.05, 4.69) is 6.58 Å². The molecule has 0 aromatic heterocycles. The Bertz CT molecular complexity index is 70.9. The number of nitrogens with two attached hydrogens (primary N) is 1. The molecule has 0 bridgehead atoms. The molecule has 0 heterocycles. The smallest absolute Gasteiger partial charge is 0.0434 e. The first-order valence-electron chi connectivity index (χ1n) is 2.79. The van der Waals surface area contributed by atoms with Crippen molar-refractivity contribution in [1.29, 1.82) is 0 Å². The highest BCUT2D eigenvalue weighted by molar-refractivity contribution is 4.94. The van der Waals surface area contributed by atoms with E-state index in [-0.39, 0.29) is 6.61 Å². The normalized spacial score (nSPS) is 9.25. The Balaban J connectivity index is 2.99. The van der Waals surface area contributed by atoms with E-state index < -0.39 is 0 Å². The predicted octanol–water partition coefficient (Wildman–Crippen LogP) is 0.274. The highest BCUT2D eigenvalue weighted by atomic mass is 16.2. The molecule has 0 radical (unpaired) electrons. The van der Waals surface area contributed by atoms with Gasteiger partial charge in [-0.25, -0.2) is 0 Å². The summed E-state index contributed by atoms with van der Waals surface area (Å²) in [5, 5.41) is 8.33. The Hall–Kier alpha value is -0.340. The van der Waals surface area contributed by atoms with Crippen molar-refractivity contribution in [1.82, 2.24) is 0 Å². The standard InChI is InChI=1S/C6H13NO/c1-6(5-7)3-2-4-8/h8H,1-5,7H2. The molecule has 0 saturated carbocycles. The number of hydrogen-bond acceptors (Lipinski definition) is 2. The van der Waals surface area contributed by atoms with Crippen LogP contribution >= 0.6 is 0 Å². The van der Waals surface area contributed by atoms with Gasteiger partial charge in [0.05, 0.1) is 0 Å². The third kappa shape index (κ3) is 3.84. The van der Waals surface area contributed by atoms with Gasteiger partial charge in [0.25, 0.3) is 0 Å². The van der Waals surface area contributed by atoms with E-state index in [9.17, 15) is 0 Å². The van der Waals surface area contributed by atoms with Crippen molar-refractivity contribution in [3.8, 4) is 0 Å². The van der Waals surface area contributed by atoms with Gasteiger partial charge in [-0.1, -0.05) is 12.2 Å². The van der Waals surface area contributed by atoms with Crippen LogP contribution in [0.2, 0.25) is 0 Å². The highest BCUT2D eigenvalue weighted by Gasteiger charge is 1.87. The molecule has 0 amide bonds. The molecule has 48 valence electrons. The summed E-state index contributed by atoms with van der Waals surface area (Å²) in [6.45, 7) is 4.45. The monoisotopic (exact) mass is 115 g/mol. The summed E-state index contributed by atoms with van der Waals surface area (Å²) >= 11 is 0. The first-order chi connectivity index (χ1) is 3.81. The van der Waals surface area contributed by atoms with Crippen LogP contribution in [-0.2, 0) is 0 Å². The summed E-state index contributed by atoms with van der Waals surface area (Å²) in [7, 11) is 0. The maximum Gasteiger partial charge on any atom is 0.0434 e. The van der Waals surface area contributed by atoms with Crippen LogP contribution in [0.4, 0.5) is 0 Å². The van der Waals surface area contributed by atoms with Gasteiger partial charge in [0.15, 0.2) is 0 Å². The van der Waals surface area contributed by atoms with Crippen LogP contribution in [0.3, 0.4) is 0 Å². The molecule has 8 heavy (non-hydrogen) atoms. The third-order valence-corrected chi connectivity index (χ3v) is 0.977. The summed E-state index contributed by atoms with van der Waals surface area (Å²) in [6.07, 6.45) is 1.64. The Morgan fingerprint density at radius 3 is 2.62 bits per heavy atom. The molecule has 0 aliphatic rings. The summed E-state index contributed by atoms with van der Waals surface area (Å²) in [5.74, 6) is 0. The molecule has 0 spiro atoms. The number of hydrogen-bond donors (Lipinski definition) is 2. The lowest BCUT2D eigenvalue weighted by Crippen LogP contribution is -2.02. The second-order valence-electron chi connectivity index (χ2n) is 1.78. The Kier molecular flexibility index (Phi) is 4.61. The summed E-state index contributed by atoms with van der Waals surface area (Å²) < 4.78 is 0. The van der Waals surface area contributed by atoms with Crippen molar-refractivity contribution < 1.29 is 5.11 Å². The van der Waals surface area contributed by atoms with E-state index in [0.717, 1.165) is 18.4 Å². The average Bonchev–Trinajstić information content (AvgIpc) is 1.83. The molecule has 0 saturated heterocycles. The van der Waals surface area contributed by atoms with E-state index in [1.807, 2.05) is 0 Å². The molecular formula is C6H13NO. The van der Waals surface area contributed by atoms with E-state index in [1.54, 1.807) is 0 Å². The van der Waals surface area contributed by atoms with Gasteiger partial charge in [-0.3, -0.25) is 0 Å². The molecule has 2 nitrogen and oxygen atoms in total. The lowest BCUT2D eigenvalue weighted by Gasteiger charge is -1.96. The summed E-state index contributed by atoms with van der Waals surface area (Å²) in [5.41, 5.74) is 6.24. The van der Waals surface area contributed by atoms with Gasteiger partial charge >= 0.3 is 0 Å². The van der Waals surface area contributed by atoms with Crippen molar-refractivity contribution in [2.45, 2.75) is 12.8 Å². The van der Waals surface area contributed by atoms with Gasteiger partial charge in [0, 0.05) is 13.2 Å². The largest absolute Gasteiger partial charge is 0.396 e. The molecule has 0 aromatic rings. The van der Waals surface area contributed by atoms with E-state index in [0.29, 0.717) is 6.54 Å². The van der Waals surface area contributed by atoms with Crippen LogP contribution in [0.15, 0.2) is 12.2 Å². The molecule has 0 aliphatic heterocycles. The van der Waals surface area contributed by atoms with Crippen molar-refractivity contribution in [3.63, 3.8) is 0 Å². The fourth-order valence-corrected chi connectivity index (χ4v) is 0.431. The second kappa shape index (κ2) is 4.81. The van der Waals surface area contributed by atoms with E-state index in [1.165, 1.54) is 0 Å². The van der Waals surface area contributed by atoms with Crippen LogP contribution in [0.1, 0.15) is 12.8 Å². The van der Waals surface area contributed by atoms with Gasteiger partial charge in [-0.15, -0.1) is 0 Å². The number of rotatable bonds is 4. The maximum atomic E-state index is 8.33. The number of aliphatic hydroxyl groups is 1. The summed E-state index contributed by atoms with van der Waals surface area (Å²) in [6, 6.07) is 0. The van der Waals surface area contributed by atoms with Crippen LogP contribution in [0.5, 0.6) is 0 Å². The third-order valence-electron chi connectivity index (χ3n) is 0.977. The molecule has 0 aromatic carbocycles. The first kappa shape index (κ1) is 7.66. The number of aliphatic hydroxyl groups excluding tert-OH is 1. The molecule has 3 N–H and O–H groups in total. The molecule has 0 rings (SSSR count). The van der Waals surface area contributed by atoms with Crippen LogP contribution < -0.4 is 5.73 Å². The summed E-state index contributed by atoms with van der Waals surface area (Å²) in [4.78, 5) is 0. The minimum atomic E-state index is 0.235. The van der Waals surface area contributed by atoms with Crippen LogP contribution in [-0.4, -0.2) is 18.3 Å². The van der Waals surface area contributed by atoms with Crippen molar-refractivity contribution in [2.75, 3.05) is 13.2 Å². The molecule has 0 fully saturated rings. The molecule has 2 heteroatoms. The Morgan fingerprint density at radius 2 is 2.25 bits per heavy atom. The second-order valence-corrected chi connectivity index (χ2v) is 1.78. The zero-order valence-electron chi connectivity index (χ0n) is 5.06. The van der Waals surface area contributed by atoms with Crippen molar-refractivity contribution in [3.05, 3.63) is 12.2 Å². The SMILES string of the molecule is C=C(CN)CCCO. The van der Waals surface area contributed by atoms with E-state index >= 15 is 0 Å². The predicted molar refractivity (Wildman–Crippen MR) is 34.5 cm³/mol. The van der Waals surface area contributed by atoms with Gasteiger partial charge in [0.1, 0.15) is 0 Å².